The van der Waals surface area contributed by atoms with E-state index in [-0.39, 0.29) is 12.2 Å². The highest BCUT2D eigenvalue weighted by Crippen LogP contribution is 2.43. The standard InChI is InChI=1S/C17H18BrNO2/c1-19-10-16-12-7-8-14(18)17(20)13(12)9-15(21-16)11-5-3-2-4-6-11/h2-8,15-16,19-20H,9-10H2,1H3/t15-,16+/m1/s1. The second-order valence-corrected chi connectivity index (χ2v) is 6.10. The third kappa shape index (κ3) is 2.84. The molecule has 2 atom stereocenters. The monoisotopic (exact) mass is 347 g/mol. The molecule has 0 radical (unpaired) electrons. The van der Waals surface area contributed by atoms with Crippen molar-refractivity contribution < 1.29 is 9.84 Å². The number of phenolic OH excluding ortho intramolecular Hbond substituents is 1. The van der Waals surface area contributed by atoms with Gasteiger partial charge in [-0.15, -0.1) is 0 Å². The van der Waals surface area contributed by atoms with Crippen molar-refractivity contribution in [1.29, 1.82) is 0 Å². The highest BCUT2D eigenvalue weighted by Gasteiger charge is 2.30. The van der Waals surface area contributed by atoms with E-state index in [1.54, 1.807) is 0 Å². The summed E-state index contributed by atoms with van der Waals surface area (Å²) in [6.45, 7) is 0.720. The van der Waals surface area contributed by atoms with Crippen LogP contribution in [0.3, 0.4) is 0 Å². The van der Waals surface area contributed by atoms with Gasteiger partial charge in [0.05, 0.1) is 16.7 Å². The Balaban J connectivity index is 2.01. The number of phenols is 1. The summed E-state index contributed by atoms with van der Waals surface area (Å²) in [5, 5.41) is 13.5. The van der Waals surface area contributed by atoms with Crippen LogP contribution in [0.25, 0.3) is 0 Å². The highest BCUT2D eigenvalue weighted by atomic mass is 79.9. The first-order valence-electron chi connectivity index (χ1n) is 7.06. The molecule has 0 saturated carbocycles. The number of fused-ring (bicyclic) bond motifs is 1. The van der Waals surface area contributed by atoms with E-state index in [1.165, 1.54) is 0 Å². The minimum Gasteiger partial charge on any atom is -0.506 e. The Hall–Kier alpha value is -1.36. The highest BCUT2D eigenvalue weighted by molar-refractivity contribution is 9.10. The Morgan fingerprint density at radius 2 is 2.00 bits per heavy atom. The lowest BCUT2D eigenvalue weighted by Crippen LogP contribution is -2.27. The van der Waals surface area contributed by atoms with Gasteiger partial charge in [-0.3, -0.25) is 0 Å². The maximum atomic E-state index is 10.4. The van der Waals surface area contributed by atoms with E-state index >= 15 is 0 Å². The molecule has 0 spiro atoms. The quantitative estimate of drug-likeness (QED) is 0.888. The molecule has 2 N–H and O–H groups in total. The van der Waals surface area contributed by atoms with Crippen molar-refractivity contribution in [2.75, 3.05) is 13.6 Å². The molecular weight excluding hydrogens is 330 g/mol. The van der Waals surface area contributed by atoms with Gasteiger partial charge in [0.2, 0.25) is 0 Å². The van der Waals surface area contributed by atoms with Gasteiger partial charge in [-0.05, 0) is 40.2 Å². The van der Waals surface area contributed by atoms with Crippen LogP contribution in [0.4, 0.5) is 0 Å². The number of benzene rings is 2. The van der Waals surface area contributed by atoms with Crippen LogP contribution in [-0.4, -0.2) is 18.7 Å². The first kappa shape index (κ1) is 14.6. The number of hydrogen-bond donors (Lipinski definition) is 2. The molecule has 0 saturated heterocycles. The number of rotatable bonds is 3. The molecule has 3 nitrogen and oxygen atoms in total. The van der Waals surface area contributed by atoms with Crippen molar-refractivity contribution in [3.8, 4) is 5.75 Å². The third-order valence-corrected chi connectivity index (χ3v) is 4.54. The second-order valence-electron chi connectivity index (χ2n) is 5.25. The molecule has 2 aromatic rings. The predicted molar refractivity (Wildman–Crippen MR) is 86.4 cm³/mol. The third-order valence-electron chi connectivity index (χ3n) is 3.90. The molecule has 1 aliphatic rings. The molecule has 3 rings (SSSR count). The van der Waals surface area contributed by atoms with Gasteiger partial charge in [0.15, 0.2) is 0 Å². The molecule has 0 fully saturated rings. The summed E-state index contributed by atoms with van der Waals surface area (Å²) < 4.78 is 6.98. The van der Waals surface area contributed by atoms with Crippen molar-refractivity contribution in [2.45, 2.75) is 18.6 Å². The molecule has 4 heteroatoms. The normalized spacial score (nSPS) is 21.0. The van der Waals surface area contributed by atoms with E-state index in [2.05, 4.69) is 33.4 Å². The fraction of sp³-hybridized carbons (Fsp3) is 0.294. The number of hydrogen-bond acceptors (Lipinski definition) is 3. The maximum absolute atomic E-state index is 10.4. The van der Waals surface area contributed by atoms with Crippen LogP contribution >= 0.6 is 15.9 Å². The van der Waals surface area contributed by atoms with Gasteiger partial charge in [-0.25, -0.2) is 0 Å². The number of nitrogens with one attached hydrogen (secondary N) is 1. The molecule has 0 aliphatic carbocycles. The van der Waals surface area contributed by atoms with Crippen molar-refractivity contribution >= 4 is 15.9 Å². The average molecular weight is 348 g/mol. The average Bonchev–Trinajstić information content (AvgIpc) is 2.52. The van der Waals surface area contributed by atoms with Crippen LogP contribution < -0.4 is 5.32 Å². The molecule has 2 aromatic carbocycles. The van der Waals surface area contributed by atoms with Gasteiger partial charge in [0.1, 0.15) is 5.75 Å². The number of aromatic hydroxyl groups is 1. The Morgan fingerprint density at radius 3 is 2.71 bits per heavy atom. The van der Waals surface area contributed by atoms with Crippen molar-refractivity contribution in [3.63, 3.8) is 0 Å². The largest absolute Gasteiger partial charge is 0.506 e. The Kier molecular flexibility index (Phi) is 4.29. The minimum absolute atomic E-state index is 0.0303. The fourth-order valence-electron chi connectivity index (χ4n) is 2.85. The van der Waals surface area contributed by atoms with E-state index in [0.717, 1.165) is 27.7 Å². The van der Waals surface area contributed by atoms with E-state index in [9.17, 15) is 5.11 Å². The van der Waals surface area contributed by atoms with E-state index in [0.29, 0.717) is 12.2 Å². The predicted octanol–water partition coefficient (Wildman–Crippen LogP) is 3.73. The lowest BCUT2D eigenvalue weighted by atomic mass is 9.90. The molecule has 0 aromatic heterocycles. The fourth-order valence-corrected chi connectivity index (χ4v) is 3.22. The first-order valence-corrected chi connectivity index (χ1v) is 7.85. The molecule has 110 valence electrons. The number of likely N-dealkylation sites (N-methyl/N-ethyl adjacent to an activating group) is 1. The minimum atomic E-state index is -0.0528. The lowest BCUT2D eigenvalue weighted by Gasteiger charge is -2.33. The van der Waals surface area contributed by atoms with Crippen LogP contribution in [0.2, 0.25) is 0 Å². The van der Waals surface area contributed by atoms with Gasteiger partial charge in [0.25, 0.3) is 0 Å². The zero-order chi connectivity index (χ0) is 14.8. The van der Waals surface area contributed by atoms with Crippen molar-refractivity contribution in [2.24, 2.45) is 0 Å². The molecule has 0 unspecified atom stereocenters. The molecule has 1 aliphatic heterocycles. The first-order chi connectivity index (χ1) is 10.2. The SMILES string of the molecule is CNC[C@@H]1O[C@@H](c2ccccc2)Cc2c1ccc(Br)c2O. The van der Waals surface area contributed by atoms with Gasteiger partial charge in [-0.2, -0.15) is 0 Å². The Morgan fingerprint density at radius 1 is 1.24 bits per heavy atom. The summed E-state index contributed by atoms with van der Waals surface area (Å²) >= 11 is 3.40. The molecule has 1 heterocycles. The zero-order valence-electron chi connectivity index (χ0n) is 11.8. The van der Waals surface area contributed by atoms with Gasteiger partial charge >= 0.3 is 0 Å². The summed E-state index contributed by atoms with van der Waals surface area (Å²) in [6.07, 6.45) is 0.602. The Bertz CT molecular complexity index is 630. The van der Waals surface area contributed by atoms with Crippen LogP contribution in [0.15, 0.2) is 46.9 Å². The summed E-state index contributed by atoms with van der Waals surface area (Å²) in [4.78, 5) is 0. The molecular formula is C17H18BrNO2. The van der Waals surface area contributed by atoms with Gasteiger partial charge in [-0.1, -0.05) is 36.4 Å². The van der Waals surface area contributed by atoms with Crippen LogP contribution in [-0.2, 0) is 11.2 Å². The summed E-state index contributed by atoms with van der Waals surface area (Å²) in [6, 6.07) is 14.1. The van der Waals surface area contributed by atoms with E-state index in [1.807, 2.05) is 37.4 Å². The van der Waals surface area contributed by atoms with E-state index < -0.39 is 0 Å². The lowest BCUT2D eigenvalue weighted by molar-refractivity contribution is -0.0263. The molecule has 21 heavy (non-hydrogen) atoms. The topological polar surface area (TPSA) is 41.5 Å². The summed E-state index contributed by atoms with van der Waals surface area (Å²) in [5.41, 5.74) is 3.19. The summed E-state index contributed by atoms with van der Waals surface area (Å²) in [7, 11) is 1.91. The maximum Gasteiger partial charge on any atom is 0.133 e. The van der Waals surface area contributed by atoms with Crippen LogP contribution in [0.1, 0.15) is 28.9 Å². The zero-order valence-corrected chi connectivity index (χ0v) is 13.4. The van der Waals surface area contributed by atoms with Crippen molar-refractivity contribution in [3.05, 3.63) is 63.6 Å². The molecule has 0 amide bonds. The number of halogens is 1. The second kappa shape index (κ2) is 6.18. The van der Waals surface area contributed by atoms with Gasteiger partial charge < -0.3 is 15.2 Å². The summed E-state index contributed by atoms with van der Waals surface area (Å²) in [5.74, 6) is 0.331. The van der Waals surface area contributed by atoms with Crippen LogP contribution in [0.5, 0.6) is 5.75 Å². The van der Waals surface area contributed by atoms with Crippen molar-refractivity contribution in [1.82, 2.24) is 5.32 Å². The van der Waals surface area contributed by atoms with Crippen LogP contribution in [0, 0.1) is 0 Å². The van der Waals surface area contributed by atoms with E-state index in [4.69, 9.17) is 4.74 Å². The smallest absolute Gasteiger partial charge is 0.133 e. The Labute approximate surface area is 133 Å². The number of ether oxygens (including phenoxy) is 1. The molecule has 0 bridgehead atoms. The van der Waals surface area contributed by atoms with Gasteiger partial charge in [0, 0.05) is 18.5 Å².